The summed E-state index contributed by atoms with van der Waals surface area (Å²) in [6.45, 7) is 6.97. The van der Waals surface area contributed by atoms with Gasteiger partial charge >= 0.3 is 5.97 Å². The van der Waals surface area contributed by atoms with E-state index in [-0.39, 0.29) is 6.42 Å². The number of ether oxygens (including phenoxy) is 2. The second-order valence-electron chi connectivity index (χ2n) is 6.67. The normalized spacial score (nSPS) is 17.8. The maximum absolute atomic E-state index is 12.0. The van der Waals surface area contributed by atoms with Gasteiger partial charge in [0.2, 0.25) is 0 Å². The van der Waals surface area contributed by atoms with Crippen molar-refractivity contribution in [3.8, 4) is 5.75 Å². The molecular weight excluding hydrogens is 312 g/mol. The molecule has 24 heavy (non-hydrogen) atoms. The number of benzene rings is 1. The van der Waals surface area contributed by atoms with Gasteiger partial charge in [-0.15, -0.1) is 0 Å². The van der Waals surface area contributed by atoms with Crippen LogP contribution in [-0.4, -0.2) is 35.5 Å². The zero-order chi connectivity index (χ0) is 17.9. The van der Waals surface area contributed by atoms with Crippen molar-refractivity contribution in [3.63, 3.8) is 0 Å². The van der Waals surface area contributed by atoms with Gasteiger partial charge in [-0.25, -0.2) is 0 Å². The number of rotatable bonds is 4. The summed E-state index contributed by atoms with van der Waals surface area (Å²) in [5, 5.41) is 5.39. The molecule has 0 radical (unpaired) electrons. The molecule has 7 nitrogen and oxygen atoms in total. The number of hydrogen-bond donors (Lipinski definition) is 2. The van der Waals surface area contributed by atoms with Crippen LogP contribution in [0.4, 0.5) is 5.69 Å². The zero-order valence-electron chi connectivity index (χ0n) is 14.2. The van der Waals surface area contributed by atoms with Gasteiger partial charge in [0.1, 0.15) is 5.75 Å². The van der Waals surface area contributed by atoms with Crippen molar-refractivity contribution < 1.29 is 23.9 Å². The summed E-state index contributed by atoms with van der Waals surface area (Å²) in [5.74, 6) is -0.993. The second-order valence-corrected chi connectivity index (χ2v) is 6.67. The summed E-state index contributed by atoms with van der Waals surface area (Å²) in [5.41, 5.74) is 0.137. The van der Waals surface area contributed by atoms with Gasteiger partial charge in [0.25, 0.3) is 11.8 Å². The molecule has 0 aliphatic carbocycles. The average molecular weight is 334 g/mol. The Labute approximate surface area is 140 Å². The number of para-hydroxylation sites is 2. The highest BCUT2D eigenvalue weighted by Crippen LogP contribution is 2.29. The van der Waals surface area contributed by atoms with Crippen LogP contribution < -0.4 is 15.4 Å². The number of hydrogen-bond acceptors (Lipinski definition) is 5. The monoisotopic (exact) mass is 334 g/mol. The summed E-state index contributed by atoms with van der Waals surface area (Å²) in [6, 6.07) is 6.95. The van der Waals surface area contributed by atoms with E-state index >= 15 is 0 Å². The maximum atomic E-state index is 12.0. The second kappa shape index (κ2) is 6.90. The lowest BCUT2D eigenvalue weighted by molar-refractivity contribution is -0.157. The molecule has 0 spiro atoms. The third kappa shape index (κ3) is 4.71. The predicted octanol–water partition coefficient (Wildman–Crippen LogP) is 1.62. The Morgan fingerprint density at radius 2 is 2.00 bits per heavy atom. The Morgan fingerprint density at radius 1 is 1.33 bits per heavy atom. The Kier molecular flexibility index (Phi) is 5.11. The molecule has 1 aromatic carbocycles. The van der Waals surface area contributed by atoms with E-state index in [1.807, 2.05) is 20.8 Å². The van der Waals surface area contributed by atoms with Crippen LogP contribution in [0.5, 0.6) is 5.75 Å². The number of anilines is 1. The van der Waals surface area contributed by atoms with Crippen LogP contribution in [0.2, 0.25) is 0 Å². The molecule has 0 bridgehead atoms. The van der Waals surface area contributed by atoms with E-state index in [2.05, 4.69) is 10.6 Å². The van der Waals surface area contributed by atoms with E-state index in [4.69, 9.17) is 9.47 Å². The smallest absolute Gasteiger partial charge is 0.310 e. The molecular formula is C17H22N2O5. The fraction of sp³-hybridized carbons (Fsp3) is 0.471. The molecule has 0 aromatic heterocycles. The van der Waals surface area contributed by atoms with E-state index in [0.29, 0.717) is 11.4 Å². The molecule has 0 saturated heterocycles. The average Bonchev–Trinajstić information content (AvgIpc) is 2.46. The first-order valence-corrected chi connectivity index (χ1v) is 7.74. The largest absolute Gasteiger partial charge is 0.478 e. The van der Waals surface area contributed by atoms with E-state index in [0.717, 1.165) is 0 Å². The Morgan fingerprint density at radius 3 is 2.67 bits per heavy atom. The lowest BCUT2D eigenvalue weighted by Crippen LogP contribution is -2.46. The molecule has 2 amide bonds. The summed E-state index contributed by atoms with van der Waals surface area (Å²) in [7, 11) is 0. The van der Waals surface area contributed by atoms with Gasteiger partial charge in [-0.2, -0.15) is 0 Å². The fourth-order valence-corrected chi connectivity index (χ4v) is 2.15. The van der Waals surface area contributed by atoms with Crippen molar-refractivity contribution in [1.29, 1.82) is 0 Å². The van der Waals surface area contributed by atoms with E-state index < -0.39 is 35.5 Å². The molecule has 2 N–H and O–H groups in total. The molecule has 130 valence electrons. The Balaban J connectivity index is 1.91. The maximum Gasteiger partial charge on any atom is 0.310 e. The lowest BCUT2D eigenvalue weighted by Gasteiger charge is -2.26. The van der Waals surface area contributed by atoms with Crippen molar-refractivity contribution in [3.05, 3.63) is 24.3 Å². The van der Waals surface area contributed by atoms with Crippen LogP contribution in [-0.2, 0) is 19.1 Å². The van der Waals surface area contributed by atoms with Crippen LogP contribution in [0.25, 0.3) is 0 Å². The Hall–Kier alpha value is -2.57. The molecule has 1 aromatic rings. The van der Waals surface area contributed by atoms with Crippen LogP contribution in [0, 0.1) is 0 Å². The topological polar surface area (TPSA) is 93.7 Å². The highest BCUT2D eigenvalue weighted by molar-refractivity contribution is 5.99. The first-order chi connectivity index (χ1) is 11.2. The molecule has 7 heteroatoms. The van der Waals surface area contributed by atoms with Crippen LogP contribution in [0.1, 0.15) is 34.1 Å². The third-order valence-electron chi connectivity index (χ3n) is 3.23. The fourth-order valence-electron chi connectivity index (χ4n) is 2.15. The number of amides is 2. The summed E-state index contributed by atoms with van der Waals surface area (Å²) in [6.07, 6.45) is -2.20. The van der Waals surface area contributed by atoms with Gasteiger partial charge in [0.15, 0.2) is 12.2 Å². The van der Waals surface area contributed by atoms with E-state index in [1.54, 1.807) is 24.3 Å². The summed E-state index contributed by atoms with van der Waals surface area (Å²) in [4.78, 5) is 35.9. The molecule has 0 unspecified atom stereocenters. The Bertz CT molecular complexity index is 651. The molecule has 1 aliphatic rings. The van der Waals surface area contributed by atoms with Gasteiger partial charge in [0.05, 0.1) is 12.1 Å². The van der Waals surface area contributed by atoms with Gasteiger partial charge < -0.3 is 20.1 Å². The van der Waals surface area contributed by atoms with Gasteiger partial charge in [-0.1, -0.05) is 12.1 Å². The molecule has 0 fully saturated rings. The van der Waals surface area contributed by atoms with Crippen molar-refractivity contribution in [1.82, 2.24) is 5.32 Å². The molecule has 2 rings (SSSR count). The predicted molar refractivity (Wildman–Crippen MR) is 87.6 cm³/mol. The molecule has 2 atom stereocenters. The minimum atomic E-state index is -0.981. The zero-order valence-corrected chi connectivity index (χ0v) is 14.2. The molecule has 0 saturated carbocycles. The molecule has 1 aliphatic heterocycles. The quantitative estimate of drug-likeness (QED) is 0.816. The van der Waals surface area contributed by atoms with Crippen LogP contribution in [0.15, 0.2) is 24.3 Å². The van der Waals surface area contributed by atoms with Gasteiger partial charge in [-0.05, 0) is 39.8 Å². The van der Waals surface area contributed by atoms with E-state index in [9.17, 15) is 14.4 Å². The van der Waals surface area contributed by atoms with Crippen molar-refractivity contribution in [2.45, 2.75) is 51.9 Å². The number of carbonyl (C=O) groups is 3. The summed E-state index contributed by atoms with van der Waals surface area (Å²) >= 11 is 0. The van der Waals surface area contributed by atoms with Gasteiger partial charge in [-0.3, -0.25) is 14.4 Å². The number of fused-ring (bicyclic) bond motifs is 1. The number of nitrogens with one attached hydrogen (secondary N) is 2. The standard InChI is InChI=1S/C17H22N2O5/c1-10(15(21)19-17(2,3)4)23-14(20)9-13-16(22)18-11-7-5-6-8-12(11)24-13/h5-8,10,13H,9H2,1-4H3,(H,18,22)(H,19,21)/t10-,13-/m0/s1. The number of carbonyl (C=O) groups excluding carboxylic acids is 3. The van der Waals surface area contributed by atoms with Crippen molar-refractivity contribution in [2.24, 2.45) is 0 Å². The van der Waals surface area contributed by atoms with Gasteiger partial charge in [0, 0.05) is 5.54 Å². The number of esters is 1. The minimum Gasteiger partial charge on any atom is -0.478 e. The van der Waals surface area contributed by atoms with Crippen molar-refractivity contribution in [2.75, 3.05) is 5.32 Å². The molecule has 1 heterocycles. The first kappa shape index (κ1) is 17.8. The highest BCUT2D eigenvalue weighted by atomic mass is 16.6. The van der Waals surface area contributed by atoms with E-state index in [1.165, 1.54) is 6.92 Å². The van der Waals surface area contributed by atoms with Crippen molar-refractivity contribution >= 4 is 23.5 Å². The lowest BCUT2D eigenvalue weighted by atomic mass is 10.1. The SMILES string of the molecule is C[C@H](OC(=O)C[C@@H]1Oc2ccccc2NC1=O)C(=O)NC(C)(C)C. The van der Waals surface area contributed by atoms with Crippen LogP contribution in [0.3, 0.4) is 0 Å². The third-order valence-corrected chi connectivity index (χ3v) is 3.23. The summed E-state index contributed by atoms with van der Waals surface area (Å²) < 4.78 is 10.6. The highest BCUT2D eigenvalue weighted by Gasteiger charge is 2.31. The minimum absolute atomic E-state index is 0.271. The van der Waals surface area contributed by atoms with Crippen LogP contribution >= 0.6 is 0 Å². The first-order valence-electron chi connectivity index (χ1n) is 7.74.